The van der Waals surface area contributed by atoms with Gasteiger partial charge >= 0.3 is 0 Å². The lowest BCUT2D eigenvalue weighted by molar-refractivity contribution is -0.139. The molecule has 0 radical (unpaired) electrons. The van der Waals surface area contributed by atoms with E-state index >= 15 is 0 Å². The molecule has 0 saturated carbocycles. The van der Waals surface area contributed by atoms with Crippen LogP contribution in [0.3, 0.4) is 0 Å². The first kappa shape index (κ1) is 30.7. The molecule has 0 aliphatic heterocycles. The molecule has 2 amide bonds. The second-order valence-electron chi connectivity index (χ2n) is 9.72. The smallest absolute Gasteiger partial charge is 0.264 e. The van der Waals surface area contributed by atoms with Crippen LogP contribution in [0.4, 0.5) is 5.69 Å². The van der Waals surface area contributed by atoms with E-state index in [2.05, 4.69) is 21.2 Å². The van der Waals surface area contributed by atoms with Crippen LogP contribution in [0.1, 0.15) is 31.9 Å². The molecule has 3 rings (SSSR count). The van der Waals surface area contributed by atoms with Crippen molar-refractivity contribution in [2.75, 3.05) is 17.4 Å². The molecule has 0 aliphatic carbocycles. The second-order valence-corrected chi connectivity index (χ2v) is 12.9. The number of nitrogens with zero attached hydrogens (tertiary/aromatic N) is 2. The molecule has 7 nitrogen and oxygen atoms in total. The van der Waals surface area contributed by atoms with Crippen LogP contribution in [0.15, 0.2) is 82.2 Å². The molecule has 0 fully saturated rings. The van der Waals surface area contributed by atoms with Crippen LogP contribution in [0.5, 0.6) is 0 Å². The number of benzene rings is 3. The zero-order valence-corrected chi connectivity index (χ0v) is 25.6. The van der Waals surface area contributed by atoms with E-state index in [0.29, 0.717) is 22.8 Å². The number of halogens is 2. The number of hydrogen-bond donors (Lipinski definition) is 1. The van der Waals surface area contributed by atoms with Crippen LogP contribution < -0.4 is 9.62 Å². The van der Waals surface area contributed by atoms with Gasteiger partial charge in [0.1, 0.15) is 12.6 Å². The minimum Gasteiger partial charge on any atom is -0.354 e. The number of amides is 2. The quantitative estimate of drug-likeness (QED) is 0.289. The highest BCUT2D eigenvalue weighted by Gasteiger charge is 2.33. The van der Waals surface area contributed by atoms with Gasteiger partial charge in [-0.3, -0.25) is 13.9 Å². The Morgan fingerprint density at radius 3 is 2.28 bits per heavy atom. The van der Waals surface area contributed by atoms with Gasteiger partial charge in [0.25, 0.3) is 10.0 Å². The van der Waals surface area contributed by atoms with Crippen molar-refractivity contribution >= 4 is 55.1 Å². The Balaban J connectivity index is 2.03. The van der Waals surface area contributed by atoms with E-state index in [-0.39, 0.29) is 23.3 Å². The first-order valence-corrected chi connectivity index (χ1v) is 15.2. The van der Waals surface area contributed by atoms with E-state index in [1.807, 2.05) is 38.1 Å². The maximum Gasteiger partial charge on any atom is 0.264 e. The Morgan fingerprint density at radius 2 is 1.67 bits per heavy atom. The average molecular weight is 635 g/mol. The fourth-order valence-corrected chi connectivity index (χ4v) is 6.17. The lowest BCUT2D eigenvalue weighted by atomic mass is 10.1. The molecule has 0 aromatic heterocycles. The van der Waals surface area contributed by atoms with Crippen LogP contribution >= 0.6 is 27.5 Å². The zero-order chi connectivity index (χ0) is 28.7. The SMILES string of the molecule is Cc1cc(Cl)ccc1N(CC(=O)N(Cc1cccc(Br)c1)C(C)C(=O)NCC(C)C)S(=O)(=O)c1ccccc1. The van der Waals surface area contributed by atoms with Crippen molar-refractivity contribution in [1.29, 1.82) is 0 Å². The van der Waals surface area contributed by atoms with E-state index in [1.54, 1.807) is 50.2 Å². The van der Waals surface area contributed by atoms with Crippen LogP contribution in [0, 0.1) is 12.8 Å². The summed E-state index contributed by atoms with van der Waals surface area (Å²) in [6, 6.07) is 19.3. The van der Waals surface area contributed by atoms with Gasteiger partial charge < -0.3 is 10.2 Å². The van der Waals surface area contributed by atoms with Crippen LogP contribution in [0.25, 0.3) is 0 Å². The Labute approximate surface area is 244 Å². The third-order valence-corrected chi connectivity index (χ3v) is 8.63. The monoisotopic (exact) mass is 633 g/mol. The molecule has 1 unspecified atom stereocenters. The number of carbonyl (C=O) groups is 2. The van der Waals surface area contributed by atoms with E-state index in [9.17, 15) is 18.0 Å². The minimum absolute atomic E-state index is 0.0495. The maximum absolute atomic E-state index is 14.0. The Kier molecular flexibility index (Phi) is 10.6. The Bertz CT molecular complexity index is 1420. The highest BCUT2D eigenvalue weighted by Crippen LogP contribution is 2.29. The molecule has 3 aromatic rings. The summed E-state index contributed by atoms with van der Waals surface area (Å²) in [4.78, 5) is 28.5. The predicted octanol–water partition coefficient (Wildman–Crippen LogP) is 5.80. The standard InChI is InChI=1S/C29H33BrClN3O4S/c1-20(2)17-32-29(36)22(4)33(18-23-9-8-10-24(30)16-23)28(35)19-34(27-14-13-25(31)15-21(27)3)39(37,38)26-11-6-5-7-12-26/h5-16,20,22H,17-19H2,1-4H3,(H,32,36). The van der Waals surface area contributed by atoms with Gasteiger partial charge in [0.05, 0.1) is 10.6 Å². The summed E-state index contributed by atoms with van der Waals surface area (Å²) < 4.78 is 29.6. The summed E-state index contributed by atoms with van der Waals surface area (Å²) in [7, 11) is -4.13. The van der Waals surface area contributed by atoms with Crippen molar-refractivity contribution < 1.29 is 18.0 Å². The van der Waals surface area contributed by atoms with Gasteiger partial charge in [-0.25, -0.2) is 8.42 Å². The van der Waals surface area contributed by atoms with Gasteiger partial charge in [-0.2, -0.15) is 0 Å². The third kappa shape index (κ3) is 8.06. The zero-order valence-electron chi connectivity index (χ0n) is 22.4. The third-order valence-electron chi connectivity index (χ3n) is 6.13. The van der Waals surface area contributed by atoms with E-state index < -0.39 is 28.5 Å². The number of rotatable bonds is 11. The summed E-state index contributed by atoms with van der Waals surface area (Å²) in [5.74, 6) is -0.599. The Morgan fingerprint density at radius 1 is 0.974 bits per heavy atom. The summed E-state index contributed by atoms with van der Waals surface area (Å²) in [6.07, 6.45) is 0. The Hall–Kier alpha value is -2.88. The molecule has 0 aliphatic rings. The molecule has 0 saturated heterocycles. The van der Waals surface area contributed by atoms with Gasteiger partial charge in [0, 0.05) is 22.6 Å². The van der Waals surface area contributed by atoms with Crippen molar-refractivity contribution in [3.63, 3.8) is 0 Å². The van der Waals surface area contributed by atoms with E-state index in [4.69, 9.17) is 11.6 Å². The van der Waals surface area contributed by atoms with Gasteiger partial charge in [-0.05, 0) is 73.4 Å². The second kappa shape index (κ2) is 13.5. The molecule has 3 aromatic carbocycles. The van der Waals surface area contributed by atoms with Gasteiger partial charge in [-0.15, -0.1) is 0 Å². The van der Waals surface area contributed by atoms with Crippen LogP contribution in [0.2, 0.25) is 5.02 Å². The van der Waals surface area contributed by atoms with Crippen molar-refractivity contribution in [2.24, 2.45) is 5.92 Å². The molecular weight excluding hydrogens is 602 g/mol. The highest BCUT2D eigenvalue weighted by molar-refractivity contribution is 9.10. The fraction of sp³-hybridized carbons (Fsp3) is 0.310. The molecule has 39 heavy (non-hydrogen) atoms. The molecule has 10 heteroatoms. The molecule has 0 spiro atoms. The lowest BCUT2D eigenvalue weighted by Gasteiger charge is -2.32. The van der Waals surface area contributed by atoms with Crippen LogP contribution in [-0.4, -0.2) is 44.3 Å². The van der Waals surface area contributed by atoms with Crippen LogP contribution in [-0.2, 0) is 26.2 Å². The van der Waals surface area contributed by atoms with Crippen molar-refractivity contribution in [1.82, 2.24) is 10.2 Å². The minimum atomic E-state index is -4.13. The number of hydrogen-bond acceptors (Lipinski definition) is 4. The average Bonchev–Trinajstić information content (AvgIpc) is 2.89. The highest BCUT2D eigenvalue weighted by atomic mass is 79.9. The molecular formula is C29H33BrClN3O4S. The largest absolute Gasteiger partial charge is 0.354 e. The topological polar surface area (TPSA) is 86.8 Å². The number of nitrogens with one attached hydrogen (secondary N) is 1. The summed E-state index contributed by atoms with van der Waals surface area (Å²) >= 11 is 9.60. The van der Waals surface area contributed by atoms with E-state index in [1.165, 1.54) is 17.0 Å². The molecule has 208 valence electrons. The summed E-state index contributed by atoms with van der Waals surface area (Å²) in [6.45, 7) is 7.42. The van der Waals surface area contributed by atoms with Gasteiger partial charge in [0.2, 0.25) is 11.8 Å². The lowest BCUT2D eigenvalue weighted by Crippen LogP contribution is -2.51. The molecule has 0 heterocycles. The number of carbonyl (C=O) groups excluding carboxylic acids is 2. The van der Waals surface area contributed by atoms with Gasteiger partial charge in [-0.1, -0.05) is 71.7 Å². The molecule has 0 bridgehead atoms. The van der Waals surface area contributed by atoms with Crippen molar-refractivity contribution in [2.45, 2.75) is 45.2 Å². The fourth-order valence-electron chi connectivity index (χ4n) is 4.00. The molecule has 1 atom stereocenters. The summed E-state index contributed by atoms with van der Waals surface area (Å²) in [5, 5.41) is 3.33. The maximum atomic E-state index is 14.0. The normalized spacial score (nSPS) is 12.2. The summed E-state index contributed by atoms with van der Waals surface area (Å²) in [5.41, 5.74) is 1.72. The molecule has 1 N–H and O–H groups in total. The number of sulfonamides is 1. The van der Waals surface area contributed by atoms with Crippen molar-refractivity contribution in [3.8, 4) is 0 Å². The van der Waals surface area contributed by atoms with Gasteiger partial charge in [0.15, 0.2) is 0 Å². The van der Waals surface area contributed by atoms with Crippen molar-refractivity contribution in [3.05, 3.63) is 93.4 Å². The number of anilines is 1. The van der Waals surface area contributed by atoms with E-state index in [0.717, 1.165) is 14.3 Å². The number of aryl methyl sites for hydroxylation is 1. The first-order valence-electron chi connectivity index (χ1n) is 12.6. The predicted molar refractivity (Wildman–Crippen MR) is 159 cm³/mol. The first-order chi connectivity index (χ1) is 18.4.